The average Bonchev–Trinajstić information content (AvgIpc) is 2.29. The fraction of sp³-hybridized carbons (Fsp3) is 0.636. The van der Waals surface area contributed by atoms with Crippen molar-refractivity contribution in [2.45, 2.75) is 27.2 Å². The molecule has 0 fully saturated rings. The predicted octanol–water partition coefficient (Wildman–Crippen LogP) is 2.24. The van der Waals surface area contributed by atoms with Gasteiger partial charge in [0.1, 0.15) is 6.20 Å². The van der Waals surface area contributed by atoms with E-state index in [1.165, 1.54) is 0 Å². The van der Waals surface area contributed by atoms with Crippen LogP contribution in [0.2, 0.25) is 0 Å². The second-order valence-corrected chi connectivity index (χ2v) is 4.20. The van der Waals surface area contributed by atoms with Crippen LogP contribution in [0.5, 0.6) is 5.88 Å². The van der Waals surface area contributed by atoms with E-state index in [4.69, 9.17) is 4.74 Å². The molecule has 1 heterocycles. The Morgan fingerprint density at radius 2 is 2.28 bits per heavy atom. The van der Waals surface area contributed by atoms with Crippen LogP contribution in [-0.2, 0) is 0 Å². The quantitative estimate of drug-likeness (QED) is 0.592. The Kier molecular flexibility index (Phi) is 5.29. The molecule has 1 aromatic heterocycles. The molecule has 0 unspecified atom stereocenters. The van der Waals surface area contributed by atoms with Crippen molar-refractivity contribution in [3.63, 3.8) is 0 Å². The lowest BCUT2D eigenvalue weighted by molar-refractivity contribution is -0.386. The number of hydrogen-bond donors (Lipinski definition) is 1. The van der Waals surface area contributed by atoms with E-state index in [2.05, 4.69) is 29.1 Å². The molecule has 1 rings (SSSR count). The second kappa shape index (κ2) is 6.73. The summed E-state index contributed by atoms with van der Waals surface area (Å²) in [7, 11) is 0. The van der Waals surface area contributed by atoms with E-state index >= 15 is 0 Å². The van der Waals surface area contributed by atoms with E-state index in [9.17, 15) is 10.1 Å². The number of rotatable bonds is 7. The molecule has 100 valence electrons. The maximum atomic E-state index is 10.8. The Bertz CT molecular complexity index is 409. The fourth-order valence-electron chi connectivity index (χ4n) is 1.23. The van der Waals surface area contributed by atoms with Crippen molar-refractivity contribution in [3.05, 3.63) is 16.3 Å². The summed E-state index contributed by atoms with van der Waals surface area (Å²) >= 11 is 0. The first-order valence-electron chi connectivity index (χ1n) is 5.92. The van der Waals surface area contributed by atoms with Crippen LogP contribution in [-0.4, -0.2) is 28.0 Å². The number of hydrogen-bond acceptors (Lipinski definition) is 6. The molecule has 7 nitrogen and oxygen atoms in total. The Morgan fingerprint density at radius 3 is 2.83 bits per heavy atom. The molecule has 1 aromatic rings. The van der Waals surface area contributed by atoms with Crippen LogP contribution in [0.25, 0.3) is 0 Å². The van der Waals surface area contributed by atoms with E-state index in [0.29, 0.717) is 25.0 Å². The van der Waals surface area contributed by atoms with Gasteiger partial charge < -0.3 is 10.1 Å². The van der Waals surface area contributed by atoms with Crippen LogP contribution >= 0.6 is 0 Å². The summed E-state index contributed by atoms with van der Waals surface area (Å²) in [6, 6.07) is 0. The third-order valence-corrected chi connectivity index (χ3v) is 2.20. The first-order valence-corrected chi connectivity index (χ1v) is 5.92. The molecule has 0 saturated carbocycles. The normalized spacial score (nSPS) is 10.4. The predicted molar refractivity (Wildman–Crippen MR) is 67.8 cm³/mol. The van der Waals surface area contributed by atoms with Crippen LogP contribution in [0, 0.1) is 16.0 Å². The zero-order valence-corrected chi connectivity index (χ0v) is 10.8. The van der Waals surface area contributed by atoms with Gasteiger partial charge in [0.2, 0.25) is 5.95 Å². The summed E-state index contributed by atoms with van der Waals surface area (Å²) < 4.78 is 5.36. The molecule has 0 aromatic carbocycles. The number of aromatic nitrogens is 2. The molecular weight excluding hydrogens is 236 g/mol. The minimum absolute atomic E-state index is 0.0200. The van der Waals surface area contributed by atoms with Gasteiger partial charge in [-0.05, 0) is 19.3 Å². The van der Waals surface area contributed by atoms with Gasteiger partial charge in [0, 0.05) is 6.54 Å². The third-order valence-electron chi connectivity index (χ3n) is 2.20. The van der Waals surface area contributed by atoms with Gasteiger partial charge in [0.25, 0.3) is 5.88 Å². The van der Waals surface area contributed by atoms with Gasteiger partial charge in [0.05, 0.1) is 11.5 Å². The summed E-state index contributed by atoms with van der Waals surface area (Å²) in [5.74, 6) is 0.827. The molecule has 0 aliphatic rings. The van der Waals surface area contributed by atoms with Crippen molar-refractivity contribution in [2.75, 3.05) is 18.5 Å². The van der Waals surface area contributed by atoms with Crippen molar-refractivity contribution in [1.29, 1.82) is 0 Å². The average molecular weight is 254 g/mol. The van der Waals surface area contributed by atoms with Gasteiger partial charge in [-0.2, -0.15) is 4.98 Å². The molecular formula is C11H18N4O3. The molecule has 1 N–H and O–H groups in total. The van der Waals surface area contributed by atoms with Crippen molar-refractivity contribution in [1.82, 2.24) is 9.97 Å². The minimum Gasteiger partial charge on any atom is -0.473 e. The van der Waals surface area contributed by atoms with E-state index < -0.39 is 4.92 Å². The topological polar surface area (TPSA) is 90.2 Å². The number of anilines is 1. The van der Waals surface area contributed by atoms with Gasteiger partial charge in [-0.1, -0.05) is 13.8 Å². The molecule has 0 saturated heterocycles. The van der Waals surface area contributed by atoms with Crippen molar-refractivity contribution in [2.24, 2.45) is 5.92 Å². The molecule has 0 aliphatic heterocycles. The van der Waals surface area contributed by atoms with Crippen LogP contribution in [0.1, 0.15) is 27.2 Å². The summed E-state index contributed by atoms with van der Waals surface area (Å²) in [5, 5.41) is 13.7. The molecule has 0 atom stereocenters. The molecule has 0 radical (unpaired) electrons. The molecule has 7 heteroatoms. The number of nitro groups is 1. The summed E-state index contributed by atoms with van der Waals surface area (Å²) in [6.07, 6.45) is 1.98. The Morgan fingerprint density at radius 1 is 1.56 bits per heavy atom. The Balaban J connectivity index is 2.82. The van der Waals surface area contributed by atoms with E-state index in [0.717, 1.165) is 12.6 Å². The highest BCUT2D eigenvalue weighted by Crippen LogP contribution is 2.24. The van der Waals surface area contributed by atoms with Gasteiger partial charge in [-0.3, -0.25) is 10.1 Å². The van der Waals surface area contributed by atoms with E-state index in [1.54, 1.807) is 0 Å². The lowest BCUT2D eigenvalue weighted by Crippen LogP contribution is -2.08. The fourth-order valence-corrected chi connectivity index (χ4v) is 1.23. The van der Waals surface area contributed by atoms with E-state index in [-0.39, 0.29) is 11.6 Å². The zero-order chi connectivity index (χ0) is 13.5. The Hall–Kier alpha value is -1.92. The lowest BCUT2D eigenvalue weighted by atomic mass is 10.1. The second-order valence-electron chi connectivity index (χ2n) is 4.20. The lowest BCUT2D eigenvalue weighted by Gasteiger charge is -2.08. The summed E-state index contributed by atoms with van der Waals surface area (Å²) in [6.45, 7) is 7.05. The summed E-state index contributed by atoms with van der Waals surface area (Å²) in [4.78, 5) is 18.1. The van der Waals surface area contributed by atoms with Crippen LogP contribution in [0.15, 0.2) is 6.20 Å². The molecule has 0 aliphatic carbocycles. The maximum absolute atomic E-state index is 10.8. The van der Waals surface area contributed by atoms with Gasteiger partial charge in [-0.25, -0.2) is 4.98 Å². The van der Waals surface area contributed by atoms with Gasteiger partial charge >= 0.3 is 5.69 Å². The SMILES string of the molecule is CCNc1ncc([N+](=O)[O-])c(OCCC(C)C)n1. The Labute approximate surface area is 106 Å². The monoisotopic (exact) mass is 254 g/mol. The highest BCUT2D eigenvalue weighted by Gasteiger charge is 2.18. The van der Waals surface area contributed by atoms with Crippen LogP contribution in [0.3, 0.4) is 0 Å². The first-order chi connectivity index (χ1) is 8.54. The highest BCUT2D eigenvalue weighted by molar-refractivity contribution is 5.43. The van der Waals surface area contributed by atoms with Crippen molar-refractivity contribution < 1.29 is 9.66 Å². The van der Waals surface area contributed by atoms with Crippen molar-refractivity contribution in [3.8, 4) is 5.88 Å². The van der Waals surface area contributed by atoms with Gasteiger partial charge in [-0.15, -0.1) is 0 Å². The molecule has 18 heavy (non-hydrogen) atoms. The van der Waals surface area contributed by atoms with Crippen LogP contribution < -0.4 is 10.1 Å². The third kappa shape index (κ3) is 4.15. The molecule has 0 bridgehead atoms. The van der Waals surface area contributed by atoms with Gasteiger partial charge in [0.15, 0.2) is 0 Å². The number of ether oxygens (including phenoxy) is 1. The maximum Gasteiger partial charge on any atom is 0.349 e. The van der Waals surface area contributed by atoms with Crippen LogP contribution in [0.4, 0.5) is 11.6 Å². The first kappa shape index (κ1) is 14.1. The van der Waals surface area contributed by atoms with Crippen molar-refractivity contribution >= 4 is 11.6 Å². The standard InChI is InChI=1S/C11H18N4O3/c1-4-12-11-13-7-9(15(16)17)10(14-11)18-6-5-8(2)3/h7-8H,4-6H2,1-3H3,(H,12,13,14). The van der Waals surface area contributed by atoms with E-state index in [1.807, 2.05) is 6.92 Å². The largest absolute Gasteiger partial charge is 0.473 e. The zero-order valence-electron chi connectivity index (χ0n) is 10.8. The number of nitrogens with zero attached hydrogens (tertiary/aromatic N) is 3. The number of nitrogens with one attached hydrogen (secondary N) is 1. The highest BCUT2D eigenvalue weighted by atomic mass is 16.6. The smallest absolute Gasteiger partial charge is 0.349 e. The molecule has 0 amide bonds. The molecule has 0 spiro atoms. The minimum atomic E-state index is -0.541. The summed E-state index contributed by atoms with van der Waals surface area (Å²) in [5.41, 5.74) is -0.208.